The number of rotatable bonds is 5. The summed E-state index contributed by atoms with van der Waals surface area (Å²) in [5, 5.41) is 3.01. The van der Waals surface area contributed by atoms with Crippen LogP contribution in [0.25, 0.3) is 0 Å². The van der Waals surface area contributed by atoms with Crippen LogP contribution in [0, 0.1) is 0 Å². The van der Waals surface area contributed by atoms with Crippen molar-refractivity contribution < 1.29 is 13.2 Å². The zero-order chi connectivity index (χ0) is 15.8. The summed E-state index contributed by atoms with van der Waals surface area (Å²) in [6.45, 7) is 0. The van der Waals surface area contributed by atoms with Gasteiger partial charge in [0.25, 0.3) is 0 Å². The van der Waals surface area contributed by atoms with E-state index in [4.69, 9.17) is 0 Å². The van der Waals surface area contributed by atoms with Crippen LogP contribution in [0.2, 0.25) is 0 Å². The van der Waals surface area contributed by atoms with Crippen LogP contribution in [0.15, 0.2) is 35.2 Å². The first-order valence-electron chi connectivity index (χ1n) is 8.15. The van der Waals surface area contributed by atoms with E-state index in [9.17, 15) is 13.2 Å². The summed E-state index contributed by atoms with van der Waals surface area (Å²) in [5.74, 6) is -0.277. The number of hydrogen-bond acceptors (Lipinski definition) is 3. The molecule has 0 aromatic heterocycles. The van der Waals surface area contributed by atoms with Gasteiger partial charge in [-0.1, -0.05) is 50.3 Å². The molecule has 0 saturated heterocycles. The fourth-order valence-corrected chi connectivity index (χ4v) is 4.13. The van der Waals surface area contributed by atoms with Crippen molar-refractivity contribution >= 4 is 15.7 Å². The summed E-state index contributed by atoms with van der Waals surface area (Å²) in [5.41, 5.74) is 0. The van der Waals surface area contributed by atoms with Crippen LogP contribution in [0.5, 0.6) is 0 Å². The van der Waals surface area contributed by atoms with Crippen LogP contribution in [0.4, 0.5) is 0 Å². The molecule has 1 saturated carbocycles. The largest absolute Gasteiger partial charge is 0.353 e. The van der Waals surface area contributed by atoms with Gasteiger partial charge in [0.2, 0.25) is 5.91 Å². The summed E-state index contributed by atoms with van der Waals surface area (Å²) in [4.78, 5) is 12.3. The quantitative estimate of drug-likeness (QED) is 0.905. The monoisotopic (exact) mass is 323 g/mol. The summed E-state index contributed by atoms with van der Waals surface area (Å²) in [7, 11) is -3.37. The first-order valence-corrected chi connectivity index (χ1v) is 9.80. The highest BCUT2D eigenvalue weighted by atomic mass is 32.2. The van der Waals surface area contributed by atoms with Crippen molar-refractivity contribution in [2.24, 2.45) is 0 Å². The molecule has 1 aliphatic carbocycles. The van der Waals surface area contributed by atoms with Gasteiger partial charge < -0.3 is 5.32 Å². The van der Waals surface area contributed by atoms with Gasteiger partial charge in [-0.15, -0.1) is 0 Å². The molecule has 1 aliphatic rings. The zero-order valence-electron chi connectivity index (χ0n) is 13.0. The van der Waals surface area contributed by atoms with Crippen LogP contribution in [-0.4, -0.2) is 26.1 Å². The Bertz CT molecular complexity index is 561. The maximum absolute atomic E-state index is 12.1. The Balaban J connectivity index is 1.82. The Hall–Kier alpha value is -1.36. The van der Waals surface area contributed by atoms with Crippen LogP contribution in [-0.2, 0) is 14.6 Å². The molecule has 1 aromatic carbocycles. The fraction of sp³-hybridized carbons (Fsp3) is 0.588. The van der Waals surface area contributed by atoms with Gasteiger partial charge in [-0.2, -0.15) is 0 Å². The number of carbonyl (C=O) groups is 1. The van der Waals surface area contributed by atoms with Gasteiger partial charge in [0.15, 0.2) is 9.84 Å². The van der Waals surface area contributed by atoms with Crippen molar-refractivity contribution in [1.82, 2.24) is 5.32 Å². The summed E-state index contributed by atoms with van der Waals surface area (Å²) in [6, 6.07) is 8.53. The predicted molar refractivity (Wildman–Crippen MR) is 87.4 cm³/mol. The van der Waals surface area contributed by atoms with Crippen LogP contribution < -0.4 is 5.32 Å². The average molecular weight is 323 g/mol. The summed E-state index contributed by atoms with van der Waals surface area (Å²) in [6.07, 6.45) is 8.10. The first-order chi connectivity index (χ1) is 10.6. The van der Waals surface area contributed by atoms with E-state index in [-0.39, 0.29) is 29.0 Å². The van der Waals surface area contributed by atoms with Crippen molar-refractivity contribution in [2.75, 3.05) is 5.75 Å². The zero-order valence-corrected chi connectivity index (χ0v) is 13.8. The number of hydrogen-bond donors (Lipinski definition) is 1. The molecule has 5 heteroatoms. The number of nitrogens with one attached hydrogen (secondary N) is 1. The third-order valence-electron chi connectivity index (χ3n) is 4.17. The SMILES string of the molecule is O=C(CCS(=O)(=O)c1ccccc1)NC1CCCCCCC1. The lowest BCUT2D eigenvalue weighted by atomic mass is 9.97. The Kier molecular flexibility index (Phi) is 6.43. The molecule has 1 amide bonds. The lowest BCUT2D eigenvalue weighted by molar-refractivity contribution is -0.121. The summed E-state index contributed by atoms with van der Waals surface area (Å²) >= 11 is 0. The van der Waals surface area contributed by atoms with E-state index in [1.54, 1.807) is 30.3 Å². The van der Waals surface area contributed by atoms with Crippen molar-refractivity contribution in [3.05, 3.63) is 30.3 Å². The molecule has 0 heterocycles. The molecule has 0 radical (unpaired) electrons. The molecule has 1 N–H and O–H groups in total. The molecule has 22 heavy (non-hydrogen) atoms. The molecule has 0 aliphatic heterocycles. The minimum atomic E-state index is -3.37. The molecule has 122 valence electrons. The molecule has 1 aromatic rings. The van der Waals surface area contributed by atoms with E-state index in [0.29, 0.717) is 0 Å². The third kappa shape index (κ3) is 5.44. The van der Waals surface area contributed by atoms with Gasteiger partial charge in [0, 0.05) is 12.5 Å². The predicted octanol–water partition coefficient (Wildman–Crippen LogP) is 3.08. The van der Waals surface area contributed by atoms with Crippen molar-refractivity contribution in [1.29, 1.82) is 0 Å². The van der Waals surface area contributed by atoms with Crippen LogP contribution >= 0.6 is 0 Å². The highest BCUT2D eigenvalue weighted by molar-refractivity contribution is 7.91. The number of benzene rings is 1. The number of amides is 1. The highest BCUT2D eigenvalue weighted by Gasteiger charge is 2.18. The van der Waals surface area contributed by atoms with Crippen molar-refractivity contribution in [2.45, 2.75) is 62.3 Å². The third-order valence-corrected chi connectivity index (χ3v) is 5.90. The minimum Gasteiger partial charge on any atom is -0.353 e. The van der Waals surface area contributed by atoms with Crippen LogP contribution in [0.1, 0.15) is 51.4 Å². The lowest BCUT2D eigenvalue weighted by Crippen LogP contribution is -2.36. The Morgan fingerprint density at radius 3 is 2.23 bits per heavy atom. The number of carbonyl (C=O) groups excluding carboxylic acids is 1. The standard InChI is InChI=1S/C17H25NO3S/c19-17(18-15-9-5-2-1-3-6-10-15)13-14-22(20,21)16-11-7-4-8-12-16/h4,7-8,11-12,15H,1-3,5-6,9-10,13-14H2,(H,18,19). The first kappa shape index (κ1) is 17.0. The summed E-state index contributed by atoms with van der Waals surface area (Å²) < 4.78 is 24.3. The smallest absolute Gasteiger partial charge is 0.221 e. The van der Waals surface area contributed by atoms with Gasteiger partial charge in [-0.25, -0.2) is 8.42 Å². The molecule has 2 rings (SSSR count). The topological polar surface area (TPSA) is 63.2 Å². The van der Waals surface area contributed by atoms with E-state index >= 15 is 0 Å². The molecular formula is C17H25NO3S. The molecular weight excluding hydrogens is 298 g/mol. The molecule has 0 bridgehead atoms. The maximum atomic E-state index is 12.1. The normalized spacial score (nSPS) is 17.5. The van der Waals surface area contributed by atoms with Gasteiger partial charge in [0.05, 0.1) is 10.6 Å². The van der Waals surface area contributed by atoms with E-state index in [1.165, 1.54) is 19.3 Å². The Morgan fingerprint density at radius 2 is 1.59 bits per heavy atom. The minimum absolute atomic E-state index is 0.0354. The highest BCUT2D eigenvalue weighted by Crippen LogP contribution is 2.17. The Morgan fingerprint density at radius 1 is 1.00 bits per heavy atom. The van der Waals surface area contributed by atoms with Gasteiger partial charge in [-0.05, 0) is 25.0 Å². The van der Waals surface area contributed by atoms with Crippen molar-refractivity contribution in [3.63, 3.8) is 0 Å². The van der Waals surface area contributed by atoms with E-state index < -0.39 is 9.84 Å². The van der Waals surface area contributed by atoms with Crippen molar-refractivity contribution in [3.8, 4) is 0 Å². The second-order valence-electron chi connectivity index (χ2n) is 5.99. The molecule has 4 nitrogen and oxygen atoms in total. The molecule has 0 atom stereocenters. The molecule has 0 unspecified atom stereocenters. The molecule has 1 fully saturated rings. The number of sulfone groups is 1. The second kappa shape index (κ2) is 8.32. The fourth-order valence-electron chi connectivity index (χ4n) is 2.87. The second-order valence-corrected chi connectivity index (χ2v) is 8.10. The van der Waals surface area contributed by atoms with Gasteiger partial charge >= 0.3 is 0 Å². The Labute approximate surface area is 133 Å². The van der Waals surface area contributed by atoms with E-state index in [0.717, 1.165) is 25.7 Å². The van der Waals surface area contributed by atoms with E-state index in [1.807, 2.05) is 0 Å². The molecule has 0 spiro atoms. The lowest BCUT2D eigenvalue weighted by Gasteiger charge is -2.21. The maximum Gasteiger partial charge on any atom is 0.221 e. The van der Waals surface area contributed by atoms with E-state index in [2.05, 4.69) is 5.32 Å². The van der Waals surface area contributed by atoms with Gasteiger partial charge in [0.1, 0.15) is 0 Å². The van der Waals surface area contributed by atoms with Gasteiger partial charge in [-0.3, -0.25) is 4.79 Å². The van der Waals surface area contributed by atoms with Crippen LogP contribution in [0.3, 0.4) is 0 Å². The average Bonchev–Trinajstić information content (AvgIpc) is 2.49.